The predicted molar refractivity (Wildman–Crippen MR) is 107 cm³/mol. The molecule has 3 aromatic rings. The molecule has 3 N–H and O–H groups in total. The van der Waals surface area contributed by atoms with Crippen molar-refractivity contribution in [2.75, 3.05) is 5.32 Å². The van der Waals surface area contributed by atoms with Crippen molar-refractivity contribution < 1.29 is 18.7 Å². The van der Waals surface area contributed by atoms with E-state index in [-0.39, 0.29) is 18.1 Å². The van der Waals surface area contributed by atoms with Crippen molar-refractivity contribution in [3.63, 3.8) is 0 Å². The molecule has 152 valence electrons. The van der Waals surface area contributed by atoms with E-state index in [0.29, 0.717) is 35.5 Å². The Bertz CT molecular complexity index is 1060. The van der Waals surface area contributed by atoms with E-state index in [4.69, 9.17) is 4.42 Å². The minimum atomic E-state index is -1.02. The molecule has 4 rings (SSSR count). The Hall–Kier alpha value is -2.93. The number of carbonyl (C=O) groups is 1. The molecule has 1 amide bonds. The zero-order valence-electron chi connectivity index (χ0n) is 15.9. The highest BCUT2D eigenvalue weighted by Gasteiger charge is 2.35. The molecule has 0 radical (unpaired) electrons. The number of anilines is 1. The molecule has 1 heterocycles. The molecule has 0 unspecified atom stereocenters. The molecule has 6 nitrogen and oxygen atoms in total. The molecule has 0 spiro atoms. The predicted octanol–water partition coefficient (Wildman–Crippen LogP) is 3.75. The van der Waals surface area contributed by atoms with Gasteiger partial charge in [0.05, 0.1) is 17.5 Å². The standard InChI is InChI=1S/C22H23FN2O4/c23-16-3-1-14(2-4-16)11-15-7-9-22(28,10-8-15)13-20(26)24-17-5-6-18-19(12-17)29-21(27)25-18/h1-6,12,15,28H,7-11,13H2,(H,24,26)(H,25,27). The molecule has 7 heteroatoms. The van der Waals surface area contributed by atoms with Crippen molar-refractivity contribution in [3.8, 4) is 0 Å². The quantitative estimate of drug-likeness (QED) is 0.610. The molecule has 1 aliphatic rings. The van der Waals surface area contributed by atoms with Crippen LogP contribution in [0, 0.1) is 11.7 Å². The number of H-pyrrole nitrogens is 1. The molecular formula is C22H23FN2O4. The van der Waals surface area contributed by atoms with Crippen molar-refractivity contribution >= 4 is 22.7 Å². The molecule has 0 atom stereocenters. The van der Waals surface area contributed by atoms with Crippen LogP contribution in [0.25, 0.3) is 11.1 Å². The van der Waals surface area contributed by atoms with Crippen LogP contribution in [0.5, 0.6) is 0 Å². The molecule has 1 aliphatic carbocycles. The highest BCUT2D eigenvalue weighted by Crippen LogP contribution is 2.36. The number of fused-ring (bicyclic) bond motifs is 1. The van der Waals surface area contributed by atoms with Gasteiger partial charge in [-0.1, -0.05) is 12.1 Å². The molecular weight excluding hydrogens is 375 g/mol. The minimum absolute atomic E-state index is 0.0192. The Morgan fingerprint density at radius 1 is 1.21 bits per heavy atom. The summed E-state index contributed by atoms with van der Waals surface area (Å²) in [6.45, 7) is 0. The van der Waals surface area contributed by atoms with Gasteiger partial charge in [0.25, 0.3) is 0 Å². The Morgan fingerprint density at radius 2 is 1.93 bits per heavy atom. The summed E-state index contributed by atoms with van der Waals surface area (Å²) < 4.78 is 18.0. The fraction of sp³-hybridized carbons (Fsp3) is 0.364. The number of carbonyl (C=O) groups excluding carboxylic acids is 1. The van der Waals surface area contributed by atoms with E-state index < -0.39 is 11.4 Å². The number of hydrogen-bond acceptors (Lipinski definition) is 4. The summed E-state index contributed by atoms with van der Waals surface area (Å²) >= 11 is 0. The summed E-state index contributed by atoms with van der Waals surface area (Å²) in [4.78, 5) is 26.2. The molecule has 0 aliphatic heterocycles. The fourth-order valence-corrected chi connectivity index (χ4v) is 4.08. The van der Waals surface area contributed by atoms with Gasteiger partial charge < -0.3 is 14.8 Å². The van der Waals surface area contributed by atoms with Crippen molar-refractivity contribution in [1.82, 2.24) is 4.98 Å². The zero-order valence-corrected chi connectivity index (χ0v) is 15.9. The third-order valence-electron chi connectivity index (χ3n) is 5.67. The number of aromatic nitrogens is 1. The van der Waals surface area contributed by atoms with Crippen molar-refractivity contribution in [2.45, 2.75) is 44.1 Å². The van der Waals surface area contributed by atoms with Crippen LogP contribution in [0.4, 0.5) is 10.1 Å². The van der Waals surface area contributed by atoms with E-state index >= 15 is 0 Å². The average Bonchev–Trinajstić information content (AvgIpc) is 3.04. The summed E-state index contributed by atoms with van der Waals surface area (Å²) in [6.07, 6.45) is 3.62. The third kappa shape index (κ3) is 4.74. The maximum absolute atomic E-state index is 13.0. The first-order valence-electron chi connectivity index (χ1n) is 9.78. The first kappa shape index (κ1) is 19.4. The van der Waals surface area contributed by atoms with Gasteiger partial charge in [-0.25, -0.2) is 9.18 Å². The maximum Gasteiger partial charge on any atom is 0.417 e. The normalized spacial score (nSPS) is 21.9. The largest absolute Gasteiger partial charge is 0.417 e. The lowest BCUT2D eigenvalue weighted by Gasteiger charge is -2.35. The molecule has 1 fully saturated rings. The number of oxazole rings is 1. The Labute approximate surface area is 166 Å². The number of amides is 1. The number of benzene rings is 2. The fourth-order valence-electron chi connectivity index (χ4n) is 4.08. The average molecular weight is 398 g/mol. The van der Waals surface area contributed by atoms with Crippen LogP contribution in [0.1, 0.15) is 37.7 Å². The molecule has 1 aromatic heterocycles. The van der Waals surface area contributed by atoms with Crippen LogP contribution >= 0.6 is 0 Å². The molecule has 1 saturated carbocycles. The van der Waals surface area contributed by atoms with Crippen LogP contribution in [0.3, 0.4) is 0 Å². The van der Waals surface area contributed by atoms with Gasteiger partial charge in [0.2, 0.25) is 5.91 Å². The third-order valence-corrected chi connectivity index (χ3v) is 5.67. The lowest BCUT2D eigenvalue weighted by molar-refractivity contribution is -0.122. The number of rotatable bonds is 5. The van der Waals surface area contributed by atoms with E-state index in [1.807, 2.05) is 0 Å². The van der Waals surface area contributed by atoms with E-state index in [0.717, 1.165) is 24.8 Å². The maximum atomic E-state index is 13.0. The second kappa shape index (κ2) is 7.83. The zero-order chi connectivity index (χ0) is 20.4. The smallest absolute Gasteiger partial charge is 0.408 e. The SMILES string of the molecule is O=C(CC1(O)CCC(Cc2ccc(F)cc2)CC1)Nc1ccc2[nH]c(=O)oc2c1. The summed E-state index contributed by atoms with van der Waals surface area (Å²) in [5, 5.41) is 13.6. The number of hydrogen-bond donors (Lipinski definition) is 3. The first-order valence-corrected chi connectivity index (χ1v) is 9.78. The van der Waals surface area contributed by atoms with Crippen LogP contribution < -0.4 is 11.1 Å². The second-order valence-corrected chi connectivity index (χ2v) is 7.95. The van der Waals surface area contributed by atoms with Gasteiger partial charge in [0.1, 0.15) is 5.82 Å². The van der Waals surface area contributed by atoms with E-state index in [1.165, 1.54) is 12.1 Å². The lowest BCUT2D eigenvalue weighted by atomic mass is 9.75. The number of aromatic amines is 1. The van der Waals surface area contributed by atoms with Gasteiger partial charge in [-0.15, -0.1) is 0 Å². The van der Waals surface area contributed by atoms with Gasteiger partial charge in [-0.05, 0) is 67.9 Å². The summed E-state index contributed by atoms with van der Waals surface area (Å²) in [7, 11) is 0. The Morgan fingerprint density at radius 3 is 2.66 bits per heavy atom. The highest BCUT2D eigenvalue weighted by atomic mass is 19.1. The van der Waals surface area contributed by atoms with Crippen molar-refractivity contribution in [1.29, 1.82) is 0 Å². The second-order valence-electron chi connectivity index (χ2n) is 7.95. The number of nitrogens with one attached hydrogen (secondary N) is 2. The first-order chi connectivity index (χ1) is 13.9. The van der Waals surface area contributed by atoms with Crippen LogP contribution in [-0.2, 0) is 11.2 Å². The van der Waals surface area contributed by atoms with Crippen LogP contribution in [0.15, 0.2) is 51.7 Å². The van der Waals surface area contributed by atoms with Gasteiger partial charge in [-0.3, -0.25) is 9.78 Å². The number of aliphatic hydroxyl groups is 1. The number of halogens is 1. The minimum Gasteiger partial charge on any atom is -0.408 e. The Kier molecular flexibility index (Phi) is 5.24. The molecule has 29 heavy (non-hydrogen) atoms. The summed E-state index contributed by atoms with van der Waals surface area (Å²) in [5.74, 6) is -0.643. The van der Waals surface area contributed by atoms with E-state index in [9.17, 15) is 19.1 Å². The monoisotopic (exact) mass is 398 g/mol. The topological polar surface area (TPSA) is 95.3 Å². The molecule has 0 saturated heterocycles. The molecule has 0 bridgehead atoms. The van der Waals surface area contributed by atoms with Gasteiger partial charge in [0, 0.05) is 11.8 Å². The Balaban J connectivity index is 1.31. The van der Waals surface area contributed by atoms with Crippen LogP contribution in [-0.4, -0.2) is 21.6 Å². The van der Waals surface area contributed by atoms with Gasteiger partial charge >= 0.3 is 5.76 Å². The molecule has 2 aromatic carbocycles. The van der Waals surface area contributed by atoms with Crippen molar-refractivity contribution in [3.05, 3.63) is 64.4 Å². The van der Waals surface area contributed by atoms with Crippen LogP contribution in [0.2, 0.25) is 0 Å². The summed E-state index contributed by atoms with van der Waals surface area (Å²) in [6, 6.07) is 11.4. The van der Waals surface area contributed by atoms with E-state index in [1.54, 1.807) is 30.3 Å². The lowest BCUT2D eigenvalue weighted by Crippen LogP contribution is -2.38. The summed E-state index contributed by atoms with van der Waals surface area (Å²) in [5.41, 5.74) is 1.51. The van der Waals surface area contributed by atoms with Gasteiger partial charge in [-0.2, -0.15) is 0 Å². The van der Waals surface area contributed by atoms with Gasteiger partial charge in [0.15, 0.2) is 5.58 Å². The van der Waals surface area contributed by atoms with Crippen molar-refractivity contribution in [2.24, 2.45) is 5.92 Å². The van der Waals surface area contributed by atoms with E-state index in [2.05, 4.69) is 10.3 Å². The highest BCUT2D eigenvalue weighted by molar-refractivity contribution is 5.93.